The lowest BCUT2D eigenvalue weighted by Crippen LogP contribution is -2.12. The Morgan fingerprint density at radius 1 is 0.909 bits per heavy atom. The summed E-state index contributed by atoms with van der Waals surface area (Å²) >= 11 is 0. The molecule has 116 valence electrons. The molecule has 0 spiro atoms. The maximum Gasteiger partial charge on any atom is 0.164 e. The minimum atomic E-state index is -0.163. The van der Waals surface area contributed by atoms with E-state index in [1.807, 2.05) is 12.1 Å². The van der Waals surface area contributed by atoms with Gasteiger partial charge in [-0.2, -0.15) is 0 Å². The molecule has 3 rings (SSSR count). The van der Waals surface area contributed by atoms with Gasteiger partial charge < -0.3 is 20.5 Å². The summed E-state index contributed by atoms with van der Waals surface area (Å²) in [4.78, 5) is 0. The number of benzene rings is 2. The highest BCUT2D eigenvalue weighted by Crippen LogP contribution is 2.45. The second-order valence-electron chi connectivity index (χ2n) is 5.87. The fourth-order valence-corrected chi connectivity index (χ4v) is 3.09. The van der Waals surface area contributed by atoms with Gasteiger partial charge in [-0.25, -0.2) is 0 Å². The number of para-hydroxylation sites is 1. The molecule has 0 saturated heterocycles. The Kier molecular flexibility index (Phi) is 3.39. The van der Waals surface area contributed by atoms with Crippen LogP contribution < -0.4 is 15.4 Å². The van der Waals surface area contributed by atoms with Crippen molar-refractivity contribution in [1.29, 1.82) is 0 Å². The van der Waals surface area contributed by atoms with Crippen molar-refractivity contribution in [3.63, 3.8) is 0 Å². The molecular formula is C18H22N2O2. The molecule has 0 aliphatic carbocycles. The third-order valence-electron chi connectivity index (χ3n) is 4.83. The highest BCUT2D eigenvalue weighted by molar-refractivity contribution is 5.83. The van der Waals surface area contributed by atoms with Gasteiger partial charge >= 0.3 is 0 Å². The van der Waals surface area contributed by atoms with Crippen LogP contribution in [0.5, 0.6) is 11.5 Å². The quantitative estimate of drug-likeness (QED) is 0.779. The van der Waals surface area contributed by atoms with Crippen molar-refractivity contribution in [2.75, 3.05) is 17.7 Å². The van der Waals surface area contributed by atoms with E-state index < -0.39 is 0 Å². The molecule has 0 aromatic heterocycles. The number of rotatable bonds is 2. The Balaban J connectivity index is 2.06. The van der Waals surface area contributed by atoms with Gasteiger partial charge in [0.1, 0.15) is 6.17 Å². The zero-order valence-electron chi connectivity index (χ0n) is 13.7. The summed E-state index contributed by atoms with van der Waals surface area (Å²) in [5.74, 6) is 0.657. The lowest BCUT2D eigenvalue weighted by Gasteiger charge is -2.16. The van der Waals surface area contributed by atoms with Crippen molar-refractivity contribution in [3.8, 4) is 11.5 Å². The Bertz CT molecular complexity index is 716. The van der Waals surface area contributed by atoms with E-state index in [9.17, 15) is 5.11 Å². The minimum absolute atomic E-state index is 0.163. The first-order valence-corrected chi connectivity index (χ1v) is 7.45. The van der Waals surface area contributed by atoms with Crippen LogP contribution in [0.2, 0.25) is 0 Å². The molecule has 0 amide bonds. The first kappa shape index (κ1) is 14.6. The maximum atomic E-state index is 10.4. The van der Waals surface area contributed by atoms with Crippen molar-refractivity contribution in [1.82, 2.24) is 0 Å². The molecule has 1 aliphatic heterocycles. The summed E-state index contributed by atoms with van der Waals surface area (Å²) in [7, 11) is 1.56. The van der Waals surface area contributed by atoms with Gasteiger partial charge in [0.2, 0.25) is 0 Å². The number of anilines is 2. The molecule has 4 nitrogen and oxygen atoms in total. The molecule has 0 unspecified atom stereocenters. The summed E-state index contributed by atoms with van der Waals surface area (Å²) in [5, 5.41) is 17.4. The predicted octanol–water partition coefficient (Wildman–Crippen LogP) is 4.17. The van der Waals surface area contributed by atoms with Crippen LogP contribution in [0.15, 0.2) is 18.2 Å². The van der Waals surface area contributed by atoms with Gasteiger partial charge in [-0.3, -0.25) is 0 Å². The third-order valence-corrected chi connectivity index (χ3v) is 4.83. The van der Waals surface area contributed by atoms with E-state index in [-0.39, 0.29) is 11.9 Å². The van der Waals surface area contributed by atoms with Crippen LogP contribution in [0.1, 0.15) is 34.0 Å². The van der Waals surface area contributed by atoms with E-state index in [1.54, 1.807) is 13.2 Å². The lowest BCUT2D eigenvalue weighted by atomic mass is 9.96. The Morgan fingerprint density at radius 3 is 1.95 bits per heavy atom. The number of methoxy groups -OCH3 is 1. The number of hydrogen-bond acceptors (Lipinski definition) is 4. The molecule has 0 saturated carbocycles. The smallest absolute Gasteiger partial charge is 0.164 e. The summed E-state index contributed by atoms with van der Waals surface area (Å²) in [6.07, 6.45) is -0.163. The molecule has 2 aromatic carbocycles. The van der Waals surface area contributed by atoms with Crippen molar-refractivity contribution < 1.29 is 9.84 Å². The number of nitrogens with one attached hydrogen (secondary N) is 2. The van der Waals surface area contributed by atoms with Gasteiger partial charge in [0, 0.05) is 5.56 Å². The maximum absolute atomic E-state index is 10.4. The molecule has 1 aliphatic rings. The average molecular weight is 298 g/mol. The molecule has 0 bridgehead atoms. The SMILES string of the molecule is COc1cccc(C2Nc3c(C)c(C)c(C)c(C)c3N2)c1O. The highest BCUT2D eigenvalue weighted by atomic mass is 16.5. The monoisotopic (exact) mass is 298 g/mol. The largest absolute Gasteiger partial charge is 0.504 e. The van der Waals surface area contributed by atoms with Crippen LogP contribution in [0.4, 0.5) is 11.4 Å². The van der Waals surface area contributed by atoms with Gasteiger partial charge in [-0.15, -0.1) is 0 Å². The van der Waals surface area contributed by atoms with Gasteiger partial charge in [-0.1, -0.05) is 12.1 Å². The van der Waals surface area contributed by atoms with Crippen LogP contribution in [-0.4, -0.2) is 12.2 Å². The van der Waals surface area contributed by atoms with E-state index in [4.69, 9.17) is 4.74 Å². The predicted molar refractivity (Wildman–Crippen MR) is 90.0 cm³/mol. The van der Waals surface area contributed by atoms with Crippen LogP contribution >= 0.6 is 0 Å². The van der Waals surface area contributed by atoms with Crippen molar-refractivity contribution in [2.24, 2.45) is 0 Å². The van der Waals surface area contributed by atoms with E-state index in [2.05, 4.69) is 38.3 Å². The van der Waals surface area contributed by atoms with E-state index >= 15 is 0 Å². The van der Waals surface area contributed by atoms with Gasteiger partial charge in [-0.05, 0) is 56.0 Å². The first-order valence-electron chi connectivity index (χ1n) is 7.45. The van der Waals surface area contributed by atoms with E-state index in [1.165, 1.54) is 22.3 Å². The Labute approximate surface area is 131 Å². The van der Waals surface area contributed by atoms with Crippen molar-refractivity contribution in [3.05, 3.63) is 46.0 Å². The van der Waals surface area contributed by atoms with Gasteiger partial charge in [0.15, 0.2) is 11.5 Å². The number of aromatic hydroxyl groups is 1. The minimum Gasteiger partial charge on any atom is -0.504 e. The topological polar surface area (TPSA) is 53.5 Å². The number of phenols is 1. The molecule has 0 atom stereocenters. The molecule has 1 heterocycles. The highest BCUT2D eigenvalue weighted by Gasteiger charge is 2.28. The third kappa shape index (κ3) is 1.98. The van der Waals surface area contributed by atoms with Gasteiger partial charge in [0.25, 0.3) is 0 Å². The van der Waals surface area contributed by atoms with Crippen LogP contribution in [-0.2, 0) is 0 Å². The molecule has 4 heteroatoms. The van der Waals surface area contributed by atoms with Crippen molar-refractivity contribution in [2.45, 2.75) is 33.9 Å². The molecule has 22 heavy (non-hydrogen) atoms. The number of phenolic OH excluding ortho intramolecular Hbond substituents is 1. The zero-order valence-corrected chi connectivity index (χ0v) is 13.7. The zero-order chi connectivity index (χ0) is 16.0. The Morgan fingerprint density at radius 2 is 1.45 bits per heavy atom. The standard InChI is InChI=1S/C18H22N2O2/c1-9-10(2)12(4)16-15(11(9)3)19-18(20-16)13-7-6-8-14(22-5)17(13)21/h6-8,18-21H,1-5H3. The lowest BCUT2D eigenvalue weighted by molar-refractivity contribution is 0.370. The number of hydrogen-bond donors (Lipinski definition) is 3. The average Bonchev–Trinajstić information content (AvgIpc) is 2.96. The molecule has 0 fully saturated rings. The molecule has 3 N–H and O–H groups in total. The fourth-order valence-electron chi connectivity index (χ4n) is 3.09. The fraction of sp³-hybridized carbons (Fsp3) is 0.333. The van der Waals surface area contributed by atoms with E-state index in [0.29, 0.717) is 5.75 Å². The van der Waals surface area contributed by atoms with E-state index in [0.717, 1.165) is 16.9 Å². The second kappa shape index (κ2) is 5.13. The summed E-state index contributed by atoms with van der Waals surface area (Å²) in [6.45, 7) is 8.55. The molecule has 2 aromatic rings. The molecular weight excluding hydrogens is 276 g/mol. The normalized spacial score (nSPS) is 13.5. The van der Waals surface area contributed by atoms with Crippen molar-refractivity contribution >= 4 is 11.4 Å². The summed E-state index contributed by atoms with van der Waals surface area (Å²) < 4.78 is 5.20. The summed E-state index contributed by atoms with van der Waals surface area (Å²) in [6, 6.07) is 5.54. The Hall–Kier alpha value is -2.36. The van der Waals surface area contributed by atoms with Crippen LogP contribution in [0.3, 0.4) is 0 Å². The first-order chi connectivity index (χ1) is 10.5. The number of ether oxygens (including phenoxy) is 1. The number of fused-ring (bicyclic) bond motifs is 1. The summed E-state index contributed by atoms with van der Waals surface area (Å²) in [5.41, 5.74) is 8.12. The molecule has 0 radical (unpaired) electrons. The van der Waals surface area contributed by atoms with Crippen LogP contribution in [0, 0.1) is 27.7 Å². The van der Waals surface area contributed by atoms with Crippen LogP contribution in [0.25, 0.3) is 0 Å². The van der Waals surface area contributed by atoms with Gasteiger partial charge in [0.05, 0.1) is 18.5 Å². The second-order valence-corrected chi connectivity index (χ2v) is 5.87.